The zero-order chi connectivity index (χ0) is 13.3. The second-order valence-corrected chi connectivity index (χ2v) is 3.74. The summed E-state index contributed by atoms with van der Waals surface area (Å²) in [4.78, 5) is 0. The summed E-state index contributed by atoms with van der Waals surface area (Å²) in [6, 6.07) is 0. The fourth-order valence-corrected chi connectivity index (χ4v) is 1.01. The van der Waals surface area contributed by atoms with Crippen LogP contribution in [0.4, 0.5) is 35.1 Å². The van der Waals surface area contributed by atoms with E-state index < -0.39 is 34.2 Å². The van der Waals surface area contributed by atoms with Crippen molar-refractivity contribution in [3.63, 3.8) is 0 Å². The van der Waals surface area contributed by atoms with Crippen LogP contribution in [0.25, 0.3) is 0 Å². The smallest absolute Gasteiger partial charge is 0.235 e. The van der Waals surface area contributed by atoms with Gasteiger partial charge in [-0.1, -0.05) is 11.6 Å². The van der Waals surface area contributed by atoms with Crippen molar-refractivity contribution in [2.75, 3.05) is 0 Å². The lowest BCUT2D eigenvalue weighted by Gasteiger charge is -2.25. The van der Waals surface area contributed by atoms with E-state index in [-0.39, 0.29) is 0 Å². The topological polar surface area (TPSA) is 0 Å². The van der Waals surface area contributed by atoms with Crippen LogP contribution in [0.5, 0.6) is 0 Å². The minimum absolute atomic E-state index is 1.69. The largest absolute Gasteiger partial charge is 0.425 e. The van der Waals surface area contributed by atoms with Gasteiger partial charge in [-0.05, 0) is 15.9 Å². The van der Waals surface area contributed by atoms with Gasteiger partial charge in [-0.15, -0.1) is 0 Å². The standard InChI is InChI=1S/C6H2BrClF8/c7-1(3(8)10)2(9)5(12,13)4(11)6(14,15)16/h2,4H. The van der Waals surface area contributed by atoms with E-state index in [9.17, 15) is 35.1 Å². The maximum Gasteiger partial charge on any atom is 0.425 e. The van der Waals surface area contributed by atoms with Crippen molar-refractivity contribution in [3.8, 4) is 0 Å². The molecule has 0 heterocycles. The molecule has 16 heavy (non-hydrogen) atoms. The lowest BCUT2D eigenvalue weighted by atomic mass is 10.1. The summed E-state index contributed by atoms with van der Waals surface area (Å²) in [5.74, 6) is -5.48. The van der Waals surface area contributed by atoms with Crippen LogP contribution in [-0.4, -0.2) is 24.4 Å². The van der Waals surface area contributed by atoms with Crippen molar-refractivity contribution in [1.29, 1.82) is 0 Å². The molecule has 0 saturated heterocycles. The summed E-state index contributed by atoms with van der Waals surface area (Å²) in [5.41, 5.74) is 0. The molecule has 0 aromatic rings. The van der Waals surface area contributed by atoms with Gasteiger partial charge in [0, 0.05) is 0 Å². The minimum Gasteiger partial charge on any atom is -0.235 e. The average Bonchev–Trinajstić information content (AvgIpc) is 2.12. The Bertz CT molecular complexity index is 281. The molecule has 0 amide bonds. The average molecular weight is 341 g/mol. The van der Waals surface area contributed by atoms with E-state index in [4.69, 9.17) is 0 Å². The normalized spacial score (nSPS) is 19.1. The third kappa shape index (κ3) is 3.47. The van der Waals surface area contributed by atoms with E-state index in [2.05, 4.69) is 11.6 Å². The van der Waals surface area contributed by atoms with Crippen molar-refractivity contribution in [2.45, 2.75) is 24.4 Å². The maximum atomic E-state index is 12.7. The molecule has 0 saturated carbocycles. The molecule has 10 heteroatoms. The first-order valence-corrected chi connectivity index (χ1v) is 4.52. The van der Waals surface area contributed by atoms with Crippen molar-refractivity contribution in [2.24, 2.45) is 0 Å². The maximum absolute atomic E-state index is 12.7. The Morgan fingerprint density at radius 2 is 1.44 bits per heavy atom. The van der Waals surface area contributed by atoms with E-state index in [1.165, 1.54) is 0 Å². The zero-order valence-corrected chi connectivity index (χ0v) is 9.28. The van der Waals surface area contributed by atoms with Gasteiger partial charge in [0.25, 0.3) is 6.17 Å². The Balaban J connectivity index is 5.15. The summed E-state index contributed by atoms with van der Waals surface area (Å²) in [5, 5.41) is -2.03. The van der Waals surface area contributed by atoms with Gasteiger partial charge >= 0.3 is 12.1 Å². The van der Waals surface area contributed by atoms with Crippen LogP contribution in [0.15, 0.2) is 9.77 Å². The van der Waals surface area contributed by atoms with Crippen molar-refractivity contribution >= 4 is 27.5 Å². The number of rotatable bonds is 3. The molecule has 0 nitrogen and oxygen atoms in total. The summed E-state index contributed by atoms with van der Waals surface area (Å²) >= 11 is 6.30. The highest BCUT2D eigenvalue weighted by Gasteiger charge is 2.62. The van der Waals surface area contributed by atoms with Gasteiger partial charge in [-0.3, -0.25) is 0 Å². The lowest BCUT2D eigenvalue weighted by molar-refractivity contribution is -0.255. The molecule has 0 aromatic carbocycles. The summed E-state index contributed by atoms with van der Waals surface area (Å²) in [6.07, 6.45) is -14.6. The number of allylic oxidation sites excluding steroid dienone is 1. The van der Waals surface area contributed by atoms with Gasteiger partial charge in [0.1, 0.15) is 0 Å². The van der Waals surface area contributed by atoms with Gasteiger partial charge in [0.2, 0.25) is 11.5 Å². The molecule has 0 rings (SSSR count). The van der Waals surface area contributed by atoms with Gasteiger partial charge in [0.15, 0.2) is 0 Å². The summed E-state index contributed by atoms with van der Waals surface area (Å²) in [7, 11) is 0. The van der Waals surface area contributed by atoms with Crippen LogP contribution >= 0.6 is 27.5 Å². The molecule has 0 aliphatic carbocycles. The monoisotopic (exact) mass is 340 g/mol. The molecular weight excluding hydrogens is 339 g/mol. The third-order valence-corrected chi connectivity index (χ3v) is 2.55. The Morgan fingerprint density at radius 3 is 1.69 bits per heavy atom. The van der Waals surface area contributed by atoms with E-state index in [1.807, 2.05) is 15.9 Å². The predicted molar refractivity (Wildman–Crippen MR) is 43.7 cm³/mol. The quantitative estimate of drug-likeness (QED) is 0.657. The minimum atomic E-state index is -5.97. The zero-order valence-electron chi connectivity index (χ0n) is 6.93. The van der Waals surface area contributed by atoms with Crippen LogP contribution in [0, 0.1) is 0 Å². The van der Waals surface area contributed by atoms with Crippen LogP contribution in [0.2, 0.25) is 0 Å². The number of halogens is 10. The first-order chi connectivity index (χ1) is 6.92. The van der Waals surface area contributed by atoms with Crippen LogP contribution in [-0.2, 0) is 0 Å². The van der Waals surface area contributed by atoms with Crippen molar-refractivity contribution in [1.82, 2.24) is 0 Å². The molecule has 0 spiro atoms. The van der Waals surface area contributed by atoms with Crippen LogP contribution < -0.4 is 0 Å². The molecule has 2 unspecified atom stereocenters. The first-order valence-electron chi connectivity index (χ1n) is 3.35. The molecule has 0 bridgehead atoms. The second kappa shape index (κ2) is 5.07. The van der Waals surface area contributed by atoms with Crippen molar-refractivity contribution in [3.05, 3.63) is 9.77 Å². The van der Waals surface area contributed by atoms with E-state index >= 15 is 0 Å². The molecule has 0 fully saturated rings. The van der Waals surface area contributed by atoms with Crippen molar-refractivity contribution < 1.29 is 35.1 Å². The molecule has 0 aliphatic heterocycles. The van der Waals surface area contributed by atoms with Gasteiger partial charge < -0.3 is 0 Å². The molecule has 0 N–H and O–H groups in total. The van der Waals surface area contributed by atoms with Gasteiger partial charge in [-0.25, -0.2) is 8.78 Å². The molecule has 0 radical (unpaired) electrons. The number of hydrogen-bond donors (Lipinski definition) is 0. The predicted octanol–water partition coefficient (Wildman–Crippen LogP) is 4.63. The Labute approximate surface area is 97.4 Å². The second-order valence-electron chi connectivity index (χ2n) is 2.55. The molecular formula is C6H2BrClF8. The lowest BCUT2D eigenvalue weighted by Crippen LogP contribution is -2.48. The molecule has 2 atom stereocenters. The molecule has 0 aliphatic rings. The van der Waals surface area contributed by atoms with E-state index in [0.717, 1.165) is 0 Å². The van der Waals surface area contributed by atoms with E-state index in [1.54, 1.807) is 0 Å². The Kier molecular flexibility index (Phi) is 5.06. The SMILES string of the molecule is FC(Cl)=C(Br)C(F)C(F)(F)C(F)C(F)(F)F. The summed E-state index contributed by atoms with van der Waals surface area (Å²) < 4.78 is 95.2. The fraction of sp³-hybridized carbons (Fsp3) is 0.667. The first kappa shape index (κ1) is 16.0. The van der Waals surface area contributed by atoms with Gasteiger partial charge in [0.05, 0.1) is 4.48 Å². The van der Waals surface area contributed by atoms with Crippen LogP contribution in [0.3, 0.4) is 0 Å². The van der Waals surface area contributed by atoms with Gasteiger partial charge in [-0.2, -0.15) is 26.3 Å². The molecule has 96 valence electrons. The number of hydrogen-bond acceptors (Lipinski definition) is 0. The molecule has 0 aromatic heterocycles. The number of alkyl halides is 7. The highest BCUT2D eigenvalue weighted by molar-refractivity contribution is 9.11. The summed E-state index contributed by atoms with van der Waals surface area (Å²) in [6.45, 7) is 0. The Morgan fingerprint density at radius 1 is 1.06 bits per heavy atom. The highest BCUT2D eigenvalue weighted by Crippen LogP contribution is 2.42. The van der Waals surface area contributed by atoms with Crippen LogP contribution in [0.1, 0.15) is 0 Å². The highest BCUT2D eigenvalue weighted by atomic mass is 79.9. The third-order valence-electron chi connectivity index (χ3n) is 1.37. The Hall–Kier alpha value is -0.0500. The van der Waals surface area contributed by atoms with E-state index in [0.29, 0.717) is 0 Å². The fourth-order valence-electron chi connectivity index (χ4n) is 0.611.